The molecule has 0 unspecified atom stereocenters. The summed E-state index contributed by atoms with van der Waals surface area (Å²) in [5.74, 6) is 2.24. The molecular formula is C33H34N6O3S3. The number of hydrogen-bond donors (Lipinski definition) is 0. The maximum Gasteiger partial charge on any atom is 0.253 e. The number of nitrogens with zero attached hydrogens (tertiary/aromatic N) is 6. The minimum absolute atomic E-state index is 0.122. The van der Waals surface area contributed by atoms with Gasteiger partial charge in [0.05, 0.1) is 29.2 Å². The molecule has 9 nitrogen and oxygen atoms in total. The Bertz CT molecular complexity index is 1950. The molecule has 1 saturated heterocycles. The van der Waals surface area contributed by atoms with E-state index in [1.54, 1.807) is 34.3 Å². The summed E-state index contributed by atoms with van der Waals surface area (Å²) in [5.41, 5.74) is 4.18. The average Bonchev–Trinajstić information content (AvgIpc) is 3.82. The van der Waals surface area contributed by atoms with Crippen LogP contribution in [0.15, 0.2) is 42.6 Å². The summed E-state index contributed by atoms with van der Waals surface area (Å²) < 4.78 is 14.7. The zero-order chi connectivity index (χ0) is 31.1. The number of carbonyl (C=O) groups excluding carboxylic acids is 1. The molecule has 0 atom stereocenters. The Morgan fingerprint density at radius 2 is 1.80 bits per heavy atom. The Hall–Kier alpha value is -3.87. The van der Waals surface area contributed by atoms with Gasteiger partial charge in [-0.2, -0.15) is 5.10 Å². The number of carbonyl (C=O) groups is 1. The van der Waals surface area contributed by atoms with Crippen molar-refractivity contribution in [3.8, 4) is 32.8 Å². The summed E-state index contributed by atoms with van der Waals surface area (Å²) >= 11 is 4.72. The number of piperidine rings is 1. The third-order valence-electron chi connectivity index (χ3n) is 8.26. The lowest BCUT2D eigenvalue weighted by Gasteiger charge is -2.32. The van der Waals surface area contributed by atoms with Crippen LogP contribution in [0.4, 0.5) is 0 Å². The van der Waals surface area contributed by atoms with Gasteiger partial charge in [-0.25, -0.2) is 19.5 Å². The third kappa shape index (κ3) is 6.06. The van der Waals surface area contributed by atoms with Crippen LogP contribution in [0.25, 0.3) is 36.5 Å². The lowest BCUT2D eigenvalue weighted by atomic mass is 9.92. The Labute approximate surface area is 273 Å². The average molecular weight is 659 g/mol. The van der Waals surface area contributed by atoms with Crippen molar-refractivity contribution in [1.29, 1.82) is 0 Å². The first-order valence-corrected chi connectivity index (χ1v) is 17.6. The predicted octanol–water partition coefficient (Wildman–Crippen LogP) is 8.05. The summed E-state index contributed by atoms with van der Waals surface area (Å²) in [7, 11) is 1.64. The van der Waals surface area contributed by atoms with Gasteiger partial charge in [0.2, 0.25) is 4.96 Å². The highest BCUT2D eigenvalue weighted by Gasteiger charge is 2.23. The van der Waals surface area contributed by atoms with Crippen LogP contribution >= 0.6 is 34.0 Å². The molecule has 0 aliphatic carbocycles. The van der Waals surface area contributed by atoms with E-state index in [1.807, 2.05) is 54.4 Å². The van der Waals surface area contributed by atoms with Gasteiger partial charge < -0.3 is 14.4 Å². The number of rotatable bonds is 9. The molecular weight excluding hydrogens is 625 g/mol. The van der Waals surface area contributed by atoms with E-state index in [0.717, 1.165) is 89.4 Å². The largest absolute Gasteiger partial charge is 0.497 e. The van der Waals surface area contributed by atoms with E-state index in [1.165, 1.54) is 24.2 Å². The van der Waals surface area contributed by atoms with Crippen molar-refractivity contribution >= 4 is 55.1 Å². The molecule has 4 aromatic heterocycles. The zero-order valence-corrected chi connectivity index (χ0v) is 28.2. The number of hydrogen-bond acceptors (Lipinski definition) is 10. The molecule has 6 aromatic rings. The molecule has 7 rings (SSSR count). The number of benzene rings is 2. The van der Waals surface area contributed by atoms with Crippen molar-refractivity contribution < 1.29 is 14.3 Å². The second kappa shape index (κ2) is 12.5. The van der Waals surface area contributed by atoms with Crippen LogP contribution in [-0.4, -0.2) is 55.6 Å². The molecule has 0 spiro atoms. The monoisotopic (exact) mass is 658 g/mol. The third-order valence-corrected chi connectivity index (χ3v) is 11.3. The van der Waals surface area contributed by atoms with Crippen LogP contribution in [-0.2, 0) is 6.61 Å². The van der Waals surface area contributed by atoms with Crippen LogP contribution in [0, 0.1) is 19.8 Å². The highest BCUT2D eigenvalue weighted by molar-refractivity contribution is 7.22. The van der Waals surface area contributed by atoms with E-state index in [-0.39, 0.29) is 5.91 Å². The number of amides is 1. The lowest BCUT2D eigenvalue weighted by molar-refractivity contribution is 0.0686. The van der Waals surface area contributed by atoms with Gasteiger partial charge in [0.25, 0.3) is 5.91 Å². The number of likely N-dealkylation sites (tertiary alicyclic amines) is 1. The van der Waals surface area contributed by atoms with E-state index in [9.17, 15) is 4.79 Å². The molecule has 45 heavy (non-hydrogen) atoms. The zero-order valence-electron chi connectivity index (χ0n) is 25.7. The molecule has 0 radical (unpaired) electrons. The maximum absolute atomic E-state index is 13.1. The first kappa shape index (κ1) is 29.8. The van der Waals surface area contributed by atoms with Crippen molar-refractivity contribution in [3.63, 3.8) is 0 Å². The van der Waals surface area contributed by atoms with Crippen molar-refractivity contribution in [1.82, 2.24) is 29.5 Å². The molecule has 12 heteroatoms. The van der Waals surface area contributed by atoms with E-state index in [2.05, 4.69) is 18.9 Å². The van der Waals surface area contributed by atoms with Crippen LogP contribution < -0.4 is 9.47 Å². The summed E-state index contributed by atoms with van der Waals surface area (Å²) in [6.45, 7) is 8.28. The molecule has 1 aliphatic rings. The summed E-state index contributed by atoms with van der Waals surface area (Å²) in [6.07, 6.45) is 6.59. The molecule has 2 aromatic carbocycles. The maximum atomic E-state index is 13.1. The number of ether oxygens (including phenoxy) is 2. The molecule has 0 bridgehead atoms. The lowest BCUT2D eigenvalue weighted by Crippen LogP contribution is -2.38. The van der Waals surface area contributed by atoms with Gasteiger partial charge in [0.1, 0.15) is 38.8 Å². The molecule has 1 fully saturated rings. The summed E-state index contributed by atoms with van der Waals surface area (Å²) in [5, 5.41) is 7.15. The van der Waals surface area contributed by atoms with Crippen molar-refractivity contribution in [2.75, 3.05) is 20.2 Å². The smallest absolute Gasteiger partial charge is 0.253 e. The minimum Gasteiger partial charge on any atom is -0.497 e. The van der Waals surface area contributed by atoms with Crippen LogP contribution in [0.5, 0.6) is 11.5 Å². The number of imidazole rings is 1. The molecule has 0 saturated carbocycles. The van der Waals surface area contributed by atoms with Gasteiger partial charge >= 0.3 is 0 Å². The Morgan fingerprint density at radius 3 is 2.53 bits per heavy atom. The second-order valence-electron chi connectivity index (χ2n) is 11.4. The highest BCUT2D eigenvalue weighted by Crippen LogP contribution is 2.39. The van der Waals surface area contributed by atoms with Gasteiger partial charge in [-0.05, 0) is 44.7 Å². The molecule has 1 amide bonds. The normalized spacial score (nSPS) is 14.1. The van der Waals surface area contributed by atoms with Gasteiger partial charge in [-0.15, -0.1) is 22.7 Å². The topological polar surface area (TPSA) is 94.7 Å². The van der Waals surface area contributed by atoms with Crippen molar-refractivity contribution in [3.05, 3.63) is 63.7 Å². The van der Waals surface area contributed by atoms with Gasteiger partial charge in [0, 0.05) is 41.2 Å². The predicted molar refractivity (Wildman–Crippen MR) is 181 cm³/mol. The fraction of sp³-hybridized carbons (Fsp3) is 0.364. The second-order valence-corrected chi connectivity index (χ2v) is 14.7. The van der Waals surface area contributed by atoms with Crippen LogP contribution in [0.2, 0.25) is 0 Å². The van der Waals surface area contributed by atoms with Gasteiger partial charge in [-0.3, -0.25) is 4.79 Å². The van der Waals surface area contributed by atoms with Crippen LogP contribution in [0.1, 0.15) is 58.5 Å². The molecule has 232 valence electrons. The standard InChI is InChI=1S/C33H34N6O3S3/c1-5-6-21-11-13-38(14-12-21)32(40)23-9-7-22(8-10-23)30-35-27(19(2)43-30)18-42-28-16-24(41-4)15-25-29(28)45-31(34-25)26-17-39-33(36-26)44-20(3)37-39/h7-10,15-17,21H,5-6,11-14,18H2,1-4H3. The first-order chi connectivity index (χ1) is 21.9. The van der Waals surface area contributed by atoms with Gasteiger partial charge in [-0.1, -0.05) is 43.2 Å². The Morgan fingerprint density at radius 1 is 1.00 bits per heavy atom. The summed E-state index contributed by atoms with van der Waals surface area (Å²) in [4.78, 5) is 31.5. The minimum atomic E-state index is 0.122. The fourth-order valence-corrected chi connectivity index (χ4v) is 8.43. The quantitative estimate of drug-likeness (QED) is 0.155. The summed E-state index contributed by atoms with van der Waals surface area (Å²) in [6, 6.07) is 11.7. The van der Waals surface area contributed by atoms with Gasteiger partial charge in [0.15, 0.2) is 0 Å². The fourth-order valence-electron chi connectivity index (χ4n) is 5.82. The van der Waals surface area contributed by atoms with Crippen molar-refractivity contribution in [2.24, 2.45) is 5.92 Å². The number of aromatic nitrogens is 5. The van der Waals surface area contributed by atoms with E-state index < -0.39 is 0 Å². The van der Waals surface area contributed by atoms with E-state index in [0.29, 0.717) is 18.1 Å². The molecule has 5 heterocycles. The van der Waals surface area contributed by atoms with E-state index in [4.69, 9.17) is 24.4 Å². The Kier molecular flexibility index (Phi) is 8.28. The first-order valence-electron chi connectivity index (χ1n) is 15.2. The molecule has 1 aliphatic heterocycles. The van der Waals surface area contributed by atoms with Crippen LogP contribution in [0.3, 0.4) is 0 Å². The molecule has 0 N–H and O–H groups in total. The highest BCUT2D eigenvalue weighted by atomic mass is 32.1. The number of aryl methyl sites for hydroxylation is 2. The van der Waals surface area contributed by atoms with E-state index >= 15 is 0 Å². The number of fused-ring (bicyclic) bond motifs is 2. The number of methoxy groups -OCH3 is 1. The number of thiazole rings is 2. The Balaban J connectivity index is 1.06. The SMILES string of the molecule is CCCC1CCN(C(=O)c2ccc(-c3nc(COc4cc(OC)cc5nc(-c6cn7nc(C)sc7n6)sc45)c(C)s3)cc2)CC1. The van der Waals surface area contributed by atoms with Crippen molar-refractivity contribution in [2.45, 2.75) is 53.1 Å².